The molecule has 0 bridgehead atoms. The van der Waals surface area contributed by atoms with Crippen molar-refractivity contribution in [3.63, 3.8) is 0 Å². The molecule has 84 valence electrons. The topological polar surface area (TPSA) is 83.6 Å². The summed E-state index contributed by atoms with van der Waals surface area (Å²) in [4.78, 5) is 23.9. The van der Waals surface area contributed by atoms with Gasteiger partial charge in [0, 0.05) is 6.42 Å². The highest BCUT2D eigenvalue weighted by Crippen LogP contribution is 2.24. The van der Waals surface area contributed by atoms with E-state index in [4.69, 9.17) is 0 Å². The second-order valence-electron chi connectivity index (χ2n) is 3.82. The minimum absolute atomic E-state index is 0.0586. The summed E-state index contributed by atoms with van der Waals surface area (Å²) in [6.45, 7) is 1.65. The lowest BCUT2D eigenvalue weighted by atomic mass is 10.2. The predicted octanol–water partition coefficient (Wildman–Crippen LogP) is -0.886. The number of rotatable bonds is 1. The molecule has 2 rings (SSSR count). The molecular formula is C8H12N2O4S. The molecule has 2 aliphatic rings. The lowest BCUT2D eigenvalue weighted by molar-refractivity contribution is -0.128. The lowest BCUT2D eigenvalue weighted by Gasteiger charge is -2.17. The van der Waals surface area contributed by atoms with E-state index in [-0.39, 0.29) is 23.8 Å². The molecule has 0 aliphatic carbocycles. The first-order chi connectivity index (χ1) is 6.94. The van der Waals surface area contributed by atoms with Gasteiger partial charge in [-0.25, -0.2) is 13.2 Å². The number of nitrogens with zero attached hydrogens (tertiary/aromatic N) is 1. The van der Waals surface area contributed by atoms with E-state index < -0.39 is 28.0 Å². The number of fused-ring (bicyclic) bond motifs is 1. The molecule has 6 nitrogen and oxygen atoms in total. The molecule has 2 heterocycles. The van der Waals surface area contributed by atoms with Crippen LogP contribution in [-0.2, 0) is 14.6 Å². The average molecular weight is 232 g/mol. The molecule has 0 radical (unpaired) electrons. The van der Waals surface area contributed by atoms with Gasteiger partial charge < -0.3 is 5.32 Å². The van der Waals surface area contributed by atoms with Gasteiger partial charge in [-0.15, -0.1) is 0 Å². The third-order valence-electron chi connectivity index (χ3n) is 2.75. The van der Waals surface area contributed by atoms with Crippen molar-refractivity contribution in [1.82, 2.24) is 10.2 Å². The molecule has 0 saturated carbocycles. The fourth-order valence-corrected chi connectivity index (χ4v) is 3.96. The van der Waals surface area contributed by atoms with Gasteiger partial charge in [0.15, 0.2) is 9.84 Å². The van der Waals surface area contributed by atoms with E-state index >= 15 is 0 Å². The molecule has 0 aromatic rings. The highest BCUT2D eigenvalue weighted by Gasteiger charge is 2.50. The summed E-state index contributed by atoms with van der Waals surface area (Å²) >= 11 is 0. The predicted molar refractivity (Wildman–Crippen MR) is 51.9 cm³/mol. The summed E-state index contributed by atoms with van der Waals surface area (Å²) in [6.07, 6.45) is 0.205. The number of sulfone groups is 1. The van der Waals surface area contributed by atoms with Crippen LogP contribution < -0.4 is 5.32 Å². The van der Waals surface area contributed by atoms with Crippen molar-refractivity contribution in [1.29, 1.82) is 0 Å². The fraction of sp³-hybridized carbons (Fsp3) is 0.750. The Kier molecular flexibility index (Phi) is 2.22. The minimum atomic E-state index is -3.11. The first-order valence-corrected chi connectivity index (χ1v) is 6.59. The van der Waals surface area contributed by atoms with Crippen molar-refractivity contribution < 1.29 is 18.0 Å². The van der Waals surface area contributed by atoms with Crippen molar-refractivity contribution in [2.75, 3.05) is 11.5 Å². The van der Waals surface area contributed by atoms with Crippen molar-refractivity contribution in [3.8, 4) is 0 Å². The van der Waals surface area contributed by atoms with Gasteiger partial charge >= 0.3 is 6.03 Å². The molecule has 7 heteroatoms. The zero-order valence-electron chi connectivity index (χ0n) is 8.26. The van der Waals surface area contributed by atoms with Gasteiger partial charge in [-0.05, 0) is 0 Å². The van der Waals surface area contributed by atoms with Crippen LogP contribution in [0.5, 0.6) is 0 Å². The minimum Gasteiger partial charge on any atom is -0.332 e. The Balaban J connectivity index is 2.27. The van der Waals surface area contributed by atoms with E-state index in [2.05, 4.69) is 5.32 Å². The Hall–Kier alpha value is -1.11. The van der Waals surface area contributed by atoms with Crippen molar-refractivity contribution in [2.24, 2.45) is 0 Å². The highest BCUT2D eigenvalue weighted by molar-refractivity contribution is 7.91. The zero-order valence-corrected chi connectivity index (χ0v) is 9.08. The van der Waals surface area contributed by atoms with Crippen LogP contribution >= 0.6 is 0 Å². The molecule has 2 atom stereocenters. The second-order valence-corrected chi connectivity index (χ2v) is 5.97. The Labute approximate surface area is 87.5 Å². The lowest BCUT2D eigenvalue weighted by Crippen LogP contribution is -2.41. The van der Waals surface area contributed by atoms with Crippen LogP contribution in [0, 0.1) is 0 Å². The molecule has 15 heavy (non-hydrogen) atoms. The molecule has 0 aromatic heterocycles. The largest absolute Gasteiger partial charge is 0.332 e. The molecule has 0 unspecified atom stereocenters. The molecule has 0 spiro atoms. The number of hydrogen-bond donors (Lipinski definition) is 1. The van der Waals surface area contributed by atoms with Crippen LogP contribution in [0.3, 0.4) is 0 Å². The monoisotopic (exact) mass is 232 g/mol. The van der Waals surface area contributed by atoms with Gasteiger partial charge in [0.2, 0.25) is 5.91 Å². The Morgan fingerprint density at radius 3 is 2.80 bits per heavy atom. The van der Waals surface area contributed by atoms with Gasteiger partial charge in [-0.1, -0.05) is 6.92 Å². The Morgan fingerprint density at radius 1 is 1.53 bits per heavy atom. The molecule has 0 aromatic carbocycles. The fourth-order valence-electron chi connectivity index (χ4n) is 2.07. The van der Waals surface area contributed by atoms with Gasteiger partial charge in [-0.3, -0.25) is 9.69 Å². The van der Waals surface area contributed by atoms with E-state index in [1.54, 1.807) is 6.92 Å². The number of imide groups is 1. The maximum absolute atomic E-state index is 11.4. The number of urea groups is 1. The van der Waals surface area contributed by atoms with Crippen LogP contribution in [0.1, 0.15) is 13.3 Å². The smallest absolute Gasteiger partial charge is 0.324 e. The zero-order chi connectivity index (χ0) is 11.2. The molecular weight excluding hydrogens is 220 g/mol. The third-order valence-corrected chi connectivity index (χ3v) is 4.47. The number of nitrogens with one attached hydrogen (secondary N) is 1. The van der Waals surface area contributed by atoms with E-state index in [1.165, 1.54) is 0 Å². The van der Waals surface area contributed by atoms with Crippen molar-refractivity contribution in [2.45, 2.75) is 25.4 Å². The van der Waals surface area contributed by atoms with E-state index in [9.17, 15) is 18.0 Å². The van der Waals surface area contributed by atoms with Gasteiger partial charge in [0.1, 0.15) is 0 Å². The van der Waals surface area contributed by atoms with Crippen LogP contribution in [0.25, 0.3) is 0 Å². The first kappa shape index (κ1) is 10.4. The number of hydrogen-bond acceptors (Lipinski definition) is 4. The van der Waals surface area contributed by atoms with Crippen molar-refractivity contribution in [3.05, 3.63) is 0 Å². The Morgan fingerprint density at radius 2 is 2.20 bits per heavy atom. The second kappa shape index (κ2) is 3.19. The van der Waals surface area contributed by atoms with E-state index in [1.807, 2.05) is 0 Å². The maximum Gasteiger partial charge on any atom is 0.324 e. The summed E-state index contributed by atoms with van der Waals surface area (Å²) in [5, 5.41) is 2.52. The molecule has 1 N–H and O–H groups in total. The van der Waals surface area contributed by atoms with E-state index in [0.29, 0.717) is 0 Å². The summed E-state index contributed by atoms with van der Waals surface area (Å²) < 4.78 is 22.6. The van der Waals surface area contributed by atoms with Crippen LogP contribution in [0.4, 0.5) is 4.79 Å². The standard InChI is InChI=1S/C8H12N2O4S/c1-2-7(11)10-6-4-15(13,14)3-5(6)9-8(10)12/h5-6H,2-4H2,1H3,(H,9,12)/t5-,6+/m0/s1. The molecule has 3 amide bonds. The maximum atomic E-state index is 11.4. The first-order valence-electron chi connectivity index (χ1n) is 4.77. The van der Waals surface area contributed by atoms with E-state index in [0.717, 1.165) is 4.90 Å². The number of carbonyl (C=O) groups excluding carboxylic acids is 2. The SMILES string of the molecule is CCC(=O)N1C(=O)N[C@H]2CS(=O)(=O)C[C@H]21. The number of carbonyl (C=O) groups is 2. The normalized spacial score (nSPS) is 32.6. The van der Waals surface area contributed by atoms with Crippen LogP contribution in [0.2, 0.25) is 0 Å². The van der Waals surface area contributed by atoms with Gasteiger partial charge in [-0.2, -0.15) is 0 Å². The summed E-state index contributed by atoms with van der Waals surface area (Å²) in [5.41, 5.74) is 0. The van der Waals surface area contributed by atoms with Crippen LogP contribution in [0.15, 0.2) is 0 Å². The summed E-state index contributed by atoms with van der Waals surface area (Å²) in [7, 11) is -3.11. The van der Waals surface area contributed by atoms with Crippen LogP contribution in [-0.4, -0.2) is 48.8 Å². The Bertz CT molecular complexity index is 408. The molecule has 2 saturated heterocycles. The van der Waals surface area contributed by atoms with Gasteiger partial charge in [0.05, 0.1) is 23.6 Å². The van der Waals surface area contributed by atoms with Gasteiger partial charge in [0.25, 0.3) is 0 Å². The highest BCUT2D eigenvalue weighted by atomic mass is 32.2. The average Bonchev–Trinajstić information content (AvgIpc) is 2.54. The number of amides is 3. The molecule has 2 aliphatic heterocycles. The molecule has 2 fully saturated rings. The third kappa shape index (κ3) is 1.60. The van der Waals surface area contributed by atoms with Crippen molar-refractivity contribution >= 4 is 21.8 Å². The summed E-state index contributed by atoms with van der Waals surface area (Å²) in [5.74, 6) is -0.490. The quantitative estimate of drug-likeness (QED) is 0.595. The summed E-state index contributed by atoms with van der Waals surface area (Å²) in [6, 6.07) is -1.39.